The molecular weight excluding hydrogens is 523 g/mol. The van der Waals surface area contributed by atoms with Crippen LogP contribution in [0.3, 0.4) is 0 Å². The molecule has 1 aliphatic heterocycles. The number of ether oxygens (including phenoxy) is 1. The van der Waals surface area contributed by atoms with E-state index < -0.39 is 45.0 Å². The number of carbonyl (C=O) groups is 1. The van der Waals surface area contributed by atoms with E-state index in [1.165, 1.54) is 25.1 Å². The Bertz CT molecular complexity index is 1380. The smallest absolute Gasteiger partial charge is 0.411 e. The molecule has 0 fully saturated rings. The number of amides is 1. The number of aryl methyl sites for hydroxylation is 1. The number of nitriles is 1. The second-order valence-corrected chi connectivity index (χ2v) is 12.4. The van der Waals surface area contributed by atoms with E-state index in [4.69, 9.17) is 4.74 Å². The molecule has 206 valence electrons. The number of carbonyl (C=O) groups excluding carboxylic acids is 1. The molecule has 2 aromatic rings. The molecule has 1 atom stereocenters. The van der Waals surface area contributed by atoms with Crippen LogP contribution in [0.25, 0.3) is 0 Å². The Morgan fingerprint density at radius 3 is 2.21 bits per heavy atom. The van der Waals surface area contributed by atoms with Crippen LogP contribution in [0, 0.1) is 30.6 Å². The van der Waals surface area contributed by atoms with Crippen molar-refractivity contribution in [1.29, 1.82) is 5.26 Å². The van der Waals surface area contributed by atoms with Crippen molar-refractivity contribution in [2.75, 3.05) is 15.7 Å². The molecule has 12 heteroatoms. The van der Waals surface area contributed by atoms with Crippen LogP contribution in [0.2, 0.25) is 0 Å². The molecule has 2 aromatic carbocycles. The number of sulfonamides is 1. The average molecular weight is 553 g/mol. The Morgan fingerprint density at radius 2 is 1.71 bits per heavy atom. The Balaban J connectivity index is 2.26. The highest BCUT2D eigenvalue weighted by Crippen LogP contribution is 2.47. The fraction of sp³-hybridized carbons (Fsp3) is 0.462. The zero-order chi connectivity index (χ0) is 28.8. The van der Waals surface area contributed by atoms with Gasteiger partial charge in [0.1, 0.15) is 23.5 Å². The number of benzene rings is 2. The van der Waals surface area contributed by atoms with E-state index in [1.807, 2.05) is 0 Å². The molecule has 1 aliphatic rings. The van der Waals surface area contributed by atoms with Crippen molar-refractivity contribution in [3.8, 4) is 11.8 Å². The van der Waals surface area contributed by atoms with Gasteiger partial charge in [0.15, 0.2) is 0 Å². The maximum absolute atomic E-state index is 13.9. The van der Waals surface area contributed by atoms with Gasteiger partial charge in [0.2, 0.25) is 0 Å². The van der Waals surface area contributed by atoms with Gasteiger partial charge in [-0.25, -0.2) is 8.42 Å². The molecule has 0 spiro atoms. The lowest BCUT2D eigenvalue weighted by Gasteiger charge is -2.44. The van der Waals surface area contributed by atoms with E-state index in [1.54, 1.807) is 32.9 Å². The number of rotatable bonds is 6. The molecule has 0 aromatic heterocycles. The summed E-state index contributed by atoms with van der Waals surface area (Å²) in [7, 11) is -4.27. The zero-order valence-electron chi connectivity index (χ0n) is 21.9. The van der Waals surface area contributed by atoms with Gasteiger partial charge in [-0.15, -0.1) is 0 Å². The summed E-state index contributed by atoms with van der Waals surface area (Å²) < 4.78 is 76.3. The predicted octanol–water partition coefficient (Wildman–Crippen LogP) is 4.69. The van der Waals surface area contributed by atoms with Gasteiger partial charge in [-0.1, -0.05) is 17.7 Å². The molecule has 0 unspecified atom stereocenters. The predicted molar refractivity (Wildman–Crippen MR) is 133 cm³/mol. The maximum atomic E-state index is 13.9. The van der Waals surface area contributed by atoms with Gasteiger partial charge in [-0.2, -0.15) is 18.4 Å². The molecule has 0 saturated heterocycles. The number of fused-ring (bicyclic) bond motifs is 1. The van der Waals surface area contributed by atoms with Crippen LogP contribution >= 0.6 is 0 Å². The van der Waals surface area contributed by atoms with Gasteiger partial charge >= 0.3 is 6.18 Å². The molecule has 1 heterocycles. The van der Waals surface area contributed by atoms with Gasteiger partial charge in [-0.05, 0) is 65.8 Å². The van der Waals surface area contributed by atoms with E-state index in [-0.39, 0.29) is 39.8 Å². The molecule has 1 amide bonds. The van der Waals surface area contributed by atoms with Crippen LogP contribution < -0.4 is 19.0 Å². The van der Waals surface area contributed by atoms with Crippen LogP contribution in [0.4, 0.5) is 29.3 Å². The molecule has 0 saturated carbocycles. The first-order valence-corrected chi connectivity index (χ1v) is 13.2. The summed E-state index contributed by atoms with van der Waals surface area (Å²) in [4.78, 5) is 12.0. The summed E-state index contributed by atoms with van der Waals surface area (Å²) in [6.45, 7) is 7.61. The summed E-state index contributed by atoms with van der Waals surface area (Å²) in [5.74, 6) is 0.0371. The van der Waals surface area contributed by atoms with E-state index in [2.05, 4.69) is 6.07 Å². The number of nitrogens with zero attached hydrogens (tertiary/aromatic N) is 3. The molecule has 8 nitrogen and oxygen atoms in total. The Kier molecular flexibility index (Phi) is 7.42. The fourth-order valence-electron chi connectivity index (χ4n) is 4.34. The third-order valence-corrected chi connectivity index (χ3v) is 8.38. The summed E-state index contributed by atoms with van der Waals surface area (Å²) in [6, 6.07) is 10.6. The van der Waals surface area contributed by atoms with Gasteiger partial charge in [0, 0.05) is 17.7 Å². The molecule has 3 rings (SSSR count). The van der Waals surface area contributed by atoms with Crippen molar-refractivity contribution < 1.29 is 36.2 Å². The van der Waals surface area contributed by atoms with Crippen molar-refractivity contribution >= 4 is 27.5 Å². The van der Waals surface area contributed by atoms with E-state index in [9.17, 15) is 36.8 Å². The highest BCUT2D eigenvalue weighted by atomic mass is 32.2. The van der Waals surface area contributed by atoms with E-state index >= 15 is 0 Å². The van der Waals surface area contributed by atoms with Gasteiger partial charge in [0.25, 0.3) is 10.0 Å². The van der Waals surface area contributed by atoms with Crippen LogP contribution in [0.1, 0.15) is 45.2 Å². The topological polar surface area (TPSA) is 114 Å². The van der Waals surface area contributed by atoms with Gasteiger partial charge < -0.3 is 19.5 Å². The quantitative estimate of drug-likeness (QED) is 0.514. The fourth-order valence-corrected chi connectivity index (χ4v) is 5.90. The first kappa shape index (κ1) is 29.1. The Morgan fingerprint density at radius 1 is 1.13 bits per heavy atom. The third-order valence-electron chi connectivity index (χ3n) is 6.60. The zero-order valence-corrected chi connectivity index (χ0v) is 22.7. The monoisotopic (exact) mass is 552 g/mol. The SMILES string of the molecule is Cc1ccc(S(=O)(=O)N2C[C@@H](CC(C)(C)C#N)Oc3ccc(N(C(=O)[O-])C(C)(C)C(F)(F)F)c(C)c32)cc1. The van der Waals surface area contributed by atoms with Crippen molar-refractivity contribution in [3.63, 3.8) is 0 Å². The number of hydrogen-bond acceptors (Lipinski definition) is 6. The first-order chi connectivity index (χ1) is 17.3. The summed E-state index contributed by atoms with van der Waals surface area (Å²) in [5.41, 5.74) is -3.47. The Labute approximate surface area is 220 Å². The molecule has 0 N–H and O–H groups in total. The minimum absolute atomic E-state index is 0.0371. The minimum Gasteiger partial charge on any atom is -0.530 e. The van der Waals surface area contributed by atoms with Crippen molar-refractivity contribution in [3.05, 3.63) is 47.5 Å². The third kappa shape index (κ3) is 5.25. The highest BCUT2D eigenvalue weighted by Gasteiger charge is 2.53. The normalized spacial score (nSPS) is 16.3. The summed E-state index contributed by atoms with van der Waals surface area (Å²) >= 11 is 0. The van der Waals surface area contributed by atoms with Crippen LogP contribution in [0.15, 0.2) is 41.3 Å². The second-order valence-electron chi connectivity index (χ2n) is 10.5. The maximum Gasteiger partial charge on any atom is 0.411 e. The van der Waals surface area contributed by atoms with Gasteiger partial charge in [-0.3, -0.25) is 4.31 Å². The summed E-state index contributed by atoms with van der Waals surface area (Å²) in [5, 5.41) is 21.5. The average Bonchev–Trinajstić information content (AvgIpc) is 2.79. The van der Waals surface area contributed by atoms with Crippen LogP contribution in [-0.2, 0) is 10.0 Å². The van der Waals surface area contributed by atoms with Gasteiger partial charge in [0.05, 0.1) is 28.6 Å². The number of alkyl halides is 3. The minimum atomic E-state index is -4.96. The Hall–Kier alpha value is -3.46. The first-order valence-electron chi connectivity index (χ1n) is 11.7. The number of anilines is 2. The molecular formula is C26H29F3N3O5S-. The standard InChI is InChI=1S/C26H30F3N3O5S/c1-16-7-9-19(10-8-16)38(35,36)31-14-18(13-24(3,4)15-30)37-21-12-11-20(17(2)22(21)31)32(23(33)34)25(5,6)26(27,28)29/h7-12,18H,13-14H2,1-6H3,(H,33,34)/p-1/t18-/m1/s1. The highest BCUT2D eigenvalue weighted by molar-refractivity contribution is 7.92. The molecule has 0 aliphatic carbocycles. The molecule has 0 bridgehead atoms. The second kappa shape index (κ2) is 9.69. The summed E-state index contributed by atoms with van der Waals surface area (Å²) in [6.07, 6.45) is -7.66. The lowest BCUT2D eigenvalue weighted by atomic mass is 9.88. The number of halogens is 3. The lowest BCUT2D eigenvalue weighted by Crippen LogP contribution is -2.61. The van der Waals surface area contributed by atoms with Crippen LogP contribution in [-0.4, -0.2) is 38.9 Å². The van der Waals surface area contributed by atoms with Crippen molar-refractivity contribution in [2.45, 2.75) is 70.7 Å². The number of carboxylic acid groups (broad SMARTS) is 1. The van der Waals surface area contributed by atoms with E-state index in [0.717, 1.165) is 15.9 Å². The van der Waals surface area contributed by atoms with Crippen LogP contribution in [0.5, 0.6) is 5.75 Å². The number of hydrogen-bond donors (Lipinski definition) is 0. The lowest BCUT2D eigenvalue weighted by molar-refractivity contribution is -0.254. The van der Waals surface area contributed by atoms with E-state index in [0.29, 0.717) is 13.8 Å². The molecule has 38 heavy (non-hydrogen) atoms. The van der Waals surface area contributed by atoms with Crippen molar-refractivity contribution in [1.82, 2.24) is 0 Å². The molecule has 0 radical (unpaired) electrons. The largest absolute Gasteiger partial charge is 0.530 e. The van der Waals surface area contributed by atoms with Crippen molar-refractivity contribution in [2.24, 2.45) is 5.41 Å².